The molecule has 3 heterocycles. The highest BCUT2D eigenvalue weighted by Gasteiger charge is 2.33. The second-order valence-corrected chi connectivity index (χ2v) is 11.2. The van der Waals surface area contributed by atoms with Crippen LogP contribution in [0.15, 0.2) is 34.5 Å². The van der Waals surface area contributed by atoms with Crippen molar-refractivity contribution in [1.82, 2.24) is 9.21 Å². The van der Waals surface area contributed by atoms with Crippen molar-refractivity contribution in [1.29, 1.82) is 0 Å². The van der Waals surface area contributed by atoms with Crippen molar-refractivity contribution in [2.45, 2.75) is 42.4 Å². The van der Waals surface area contributed by atoms with E-state index in [1.807, 2.05) is 23.1 Å². The van der Waals surface area contributed by atoms with Gasteiger partial charge in [0.2, 0.25) is 5.91 Å². The van der Waals surface area contributed by atoms with Crippen molar-refractivity contribution in [2.24, 2.45) is 0 Å². The number of carbonyl (C=O) groups excluding carboxylic acids is 1. The topological polar surface area (TPSA) is 76.2 Å². The van der Waals surface area contributed by atoms with Crippen LogP contribution in [-0.2, 0) is 21.2 Å². The predicted octanol–water partition coefficient (Wildman–Crippen LogP) is 3.46. The van der Waals surface area contributed by atoms with Gasteiger partial charge in [-0.2, -0.15) is 4.31 Å². The first-order valence-corrected chi connectivity index (χ1v) is 12.8. The van der Waals surface area contributed by atoms with E-state index in [0.29, 0.717) is 35.3 Å². The number of rotatable bonds is 7. The molecule has 4 rings (SSSR count). The third-order valence-corrected chi connectivity index (χ3v) is 9.45. The summed E-state index contributed by atoms with van der Waals surface area (Å²) in [5.41, 5.74) is 0.970. The molecule has 0 spiro atoms. The third kappa shape index (κ3) is 4.44. The summed E-state index contributed by atoms with van der Waals surface area (Å²) in [5.74, 6) is 1.42. The van der Waals surface area contributed by atoms with Gasteiger partial charge in [0, 0.05) is 36.1 Å². The largest absolute Gasteiger partial charge is 0.497 e. The maximum atomic E-state index is 13.1. The lowest BCUT2D eigenvalue weighted by atomic mass is 10.0. The maximum Gasteiger partial charge on any atom is 0.252 e. The van der Waals surface area contributed by atoms with Crippen molar-refractivity contribution in [3.05, 3.63) is 40.8 Å². The number of thiophene rings is 1. The fraction of sp³-hybridized carbons (Fsp3) is 0.500. The number of ether oxygens (including phenoxy) is 2. The first-order chi connectivity index (χ1) is 14.9. The number of sulfonamides is 1. The Hall–Kier alpha value is -2.10. The smallest absolute Gasteiger partial charge is 0.252 e. The Morgan fingerprint density at radius 3 is 2.55 bits per heavy atom. The van der Waals surface area contributed by atoms with Gasteiger partial charge in [-0.25, -0.2) is 8.42 Å². The maximum absolute atomic E-state index is 13.1. The van der Waals surface area contributed by atoms with Gasteiger partial charge >= 0.3 is 0 Å². The Labute approximate surface area is 187 Å². The van der Waals surface area contributed by atoms with E-state index >= 15 is 0 Å². The zero-order chi connectivity index (χ0) is 22.0. The Morgan fingerprint density at radius 1 is 1.06 bits per heavy atom. The molecule has 1 aromatic carbocycles. The zero-order valence-electron chi connectivity index (χ0n) is 17.9. The number of methoxy groups -OCH3 is 2. The first-order valence-electron chi connectivity index (χ1n) is 10.5. The molecule has 2 fully saturated rings. The second-order valence-electron chi connectivity index (χ2n) is 7.86. The van der Waals surface area contributed by atoms with E-state index in [9.17, 15) is 13.2 Å². The molecule has 0 saturated carbocycles. The Kier molecular flexibility index (Phi) is 6.55. The van der Waals surface area contributed by atoms with E-state index in [2.05, 4.69) is 0 Å². The van der Waals surface area contributed by atoms with Gasteiger partial charge in [0.05, 0.1) is 26.7 Å². The monoisotopic (exact) mass is 464 g/mol. The lowest BCUT2D eigenvalue weighted by Gasteiger charge is -2.26. The van der Waals surface area contributed by atoms with Crippen LogP contribution in [0.5, 0.6) is 11.5 Å². The summed E-state index contributed by atoms with van der Waals surface area (Å²) < 4.78 is 38.2. The summed E-state index contributed by atoms with van der Waals surface area (Å²) in [6.07, 6.45) is 3.80. The molecule has 2 aliphatic rings. The molecule has 2 saturated heterocycles. The molecule has 0 radical (unpaired) electrons. The van der Waals surface area contributed by atoms with Gasteiger partial charge in [0.1, 0.15) is 15.7 Å². The standard InChI is InChI=1S/C22H28N2O5S2/c1-28-16-7-9-18(20(14-16)29-2)19-6-5-13-24(19)21(25)15-17-8-10-22(30-17)31(26,27)23-11-3-4-12-23/h7-10,14,19H,3-6,11-13,15H2,1-2H3. The Morgan fingerprint density at radius 2 is 1.84 bits per heavy atom. The second kappa shape index (κ2) is 9.18. The van der Waals surface area contributed by atoms with Crippen molar-refractivity contribution >= 4 is 27.3 Å². The van der Waals surface area contributed by atoms with Gasteiger partial charge in [-0.1, -0.05) is 0 Å². The van der Waals surface area contributed by atoms with E-state index < -0.39 is 10.0 Å². The minimum absolute atomic E-state index is 0.00680. The first kappa shape index (κ1) is 22.1. The number of hydrogen-bond donors (Lipinski definition) is 0. The molecule has 9 heteroatoms. The lowest BCUT2D eigenvalue weighted by molar-refractivity contribution is -0.131. The number of likely N-dealkylation sites (tertiary alicyclic amines) is 1. The van der Waals surface area contributed by atoms with Crippen molar-refractivity contribution in [3.63, 3.8) is 0 Å². The van der Waals surface area contributed by atoms with Crippen LogP contribution in [0.4, 0.5) is 0 Å². The zero-order valence-corrected chi connectivity index (χ0v) is 19.5. The number of benzene rings is 1. The van der Waals surface area contributed by atoms with Crippen LogP contribution in [0, 0.1) is 0 Å². The van der Waals surface area contributed by atoms with Gasteiger partial charge in [-0.15, -0.1) is 11.3 Å². The molecule has 1 unspecified atom stereocenters. The molecule has 0 N–H and O–H groups in total. The summed E-state index contributed by atoms with van der Waals surface area (Å²) in [6, 6.07) is 9.03. The van der Waals surface area contributed by atoms with Crippen LogP contribution >= 0.6 is 11.3 Å². The number of hydrogen-bond acceptors (Lipinski definition) is 6. The van der Waals surface area contributed by atoms with Gasteiger partial charge < -0.3 is 14.4 Å². The van der Waals surface area contributed by atoms with E-state index in [1.165, 1.54) is 15.6 Å². The third-order valence-electron chi connectivity index (χ3n) is 5.99. The van der Waals surface area contributed by atoms with Crippen LogP contribution in [-0.4, -0.2) is 57.4 Å². The van der Waals surface area contributed by atoms with E-state index in [1.54, 1.807) is 26.4 Å². The molecule has 0 bridgehead atoms. The summed E-state index contributed by atoms with van der Waals surface area (Å²) in [7, 11) is -0.215. The fourth-order valence-corrected chi connectivity index (χ4v) is 7.40. The lowest BCUT2D eigenvalue weighted by Crippen LogP contribution is -2.31. The van der Waals surface area contributed by atoms with Crippen LogP contribution in [0.3, 0.4) is 0 Å². The summed E-state index contributed by atoms with van der Waals surface area (Å²) >= 11 is 1.21. The van der Waals surface area contributed by atoms with Gasteiger partial charge in [-0.05, 0) is 49.9 Å². The van der Waals surface area contributed by atoms with Crippen molar-refractivity contribution in [2.75, 3.05) is 33.9 Å². The molecule has 1 amide bonds. The normalized spacial score (nSPS) is 19.7. The SMILES string of the molecule is COc1ccc(C2CCCN2C(=O)Cc2ccc(S(=O)(=O)N3CCCC3)s2)c(OC)c1. The highest BCUT2D eigenvalue weighted by atomic mass is 32.2. The molecule has 2 aromatic rings. The molecule has 31 heavy (non-hydrogen) atoms. The Balaban J connectivity index is 1.49. The molecule has 0 aliphatic carbocycles. The quantitative estimate of drug-likeness (QED) is 0.627. The minimum atomic E-state index is -3.44. The van der Waals surface area contributed by atoms with Gasteiger partial charge in [0.25, 0.3) is 10.0 Å². The summed E-state index contributed by atoms with van der Waals surface area (Å²) in [6.45, 7) is 1.84. The summed E-state index contributed by atoms with van der Waals surface area (Å²) in [5, 5.41) is 0. The van der Waals surface area contributed by atoms with E-state index in [-0.39, 0.29) is 18.4 Å². The molecule has 2 aliphatic heterocycles. The molecule has 168 valence electrons. The molecule has 1 aromatic heterocycles. The van der Waals surface area contributed by atoms with Gasteiger partial charge in [0.15, 0.2) is 0 Å². The average molecular weight is 465 g/mol. The van der Waals surface area contributed by atoms with E-state index in [0.717, 1.165) is 36.1 Å². The van der Waals surface area contributed by atoms with Crippen LogP contribution < -0.4 is 9.47 Å². The van der Waals surface area contributed by atoms with Crippen molar-refractivity contribution in [3.8, 4) is 11.5 Å². The molecule has 7 nitrogen and oxygen atoms in total. The van der Waals surface area contributed by atoms with Crippen LogP contribution in [0.25, 0.3) is 0 Å². The molecular formula is C22H28N2O5S2. The predicted molar refractivity (Wildman–Crippen MR) is 119 cm³/mol. The Bertz CT molecular complexity index is 1040. The van der Waals surface area contributed by atoms with Gasteiger partial charge in [-0.3, -0.25) is 4.79 Å². The molecule has 1 atom stereocenters. The number of nitrogens with zero attached hydrogens (tertiary/aromatic N) is 2. The highest BCUT2D eigenvalue weighted by Crippen LogP contribution is 2.39. The average Bonchev–Trinajstić information content (AvgIpc) is 3.54. The number of amides is 1. The van der Waals surface area contributed by atoms with E-state index in [4.69, 9.17) is 9.47 Å². The van der Waals surface area contributed by atoms with Crippen LogP contribution in [0.1, 0.15) is 42.2 Å². The highest BCUT2D eigenvalue weighted by molar-refractivity contribution is 7.91. The minimum Gasteiger partial charge on any atom is -0.497 e. The van der Waals surface area contributed by atoms with Crippen LogP contribution in [0.2, 0.25) is 0 Å². The summed E-state index contributed by atoms with van der Waals surface area (Å²) in [4.78, 5) is 15.8. The fourth-order valence-electron chi connectivity index (χ4n) is 4.38. The van der Waals surface area contributed by atoms with Crippen molar-refractivity contribution < 1.29 is 22.7 Å². The molecular weight excluding hydrogens is 436 g/mol. The number of carbonyl (C=O) groups is 1.